The molecule has 7 heteroatoms. The summed E-state index contributed by atoms with van der Waals surface area (Å²) in [5.74, 6) is -0.0993. The van der Waals surface area contributed by atoms with Crippen molar-refractivity contribution in [1.82, 2.24) is 14.5 Å². The van der Waals surface area contributed by atoms with E-state index in [1.807, 2.05) is 18.7 Å². The predicted octanol–water partition coefficient (Wildman–Crippen LogP) is 1.68. The van der Waals surface area contributed by atoms with Crippen LogP contribution < -0.4 is 5.32 Å². The maximum atomic E-state index is 13.0. The zero-order valence-electron chi connectivity index (χ0n) is 14.9. The highest BCUT2D eigenvalue weighted by atomic mass is 32.2. The highest BCUT2D eigenvalue weighted by Gasteiger charge is 2.32. The first-order chi connectivity index (χ1) is 11.9. The first-order valence-electron chi connectivity index (χ1n) is 9.05. The minimum Gasteiger partial charge on any atom is -0.333 e. The van der Waals surface area contributed by atoms with E-state index in [0.717, 1.165) is 32.4 Å². The van der Waals surface area contributed by atoms with E-state index in [1.54, 1.807) is 22.5 Å². The Bertz CT molecular complexity index is 735. The van der Waals surface area contributed by atoms with Crippen LogP contribution in [0.1, 0.15) is 43.5 Å². The number of benzene rings is 1. The summed E-state index contributed by atoms with van der Waals surface area (Å²) in [6.07, 6.45) is 2.84. The van der Waals surface area contributed by atoms with Crippen LogP contribution in [0.2, 0.25) is 0 Å². The van der Waals surface area contributed by atoms with Gasteiger partial charge in [-0.3, -0.25) is 4.79 Å². The van der Waals surface area contributed by atoms with Crippen LogP contribution in [0.5, 0.6) is 0 Å². The lowest BCUT2D eigenvalue weighted by molar-refractivity contribution is 0.0655. The molecular formula is C18H27N3O3S. The van der Waals surface area contributed by atoms with Gasteiger partial charge < -0.3 is 10.2 Å². The zero-order valence-corrected chi connectivity index (χ0v) is 15.8. The van der Waals surface area contributed by atoms with Gasteiger partial charge in [-0.2, -0.15) is 4.31 Å². The molecule has 2 heterocycles. The molecule has 1 aromatic carbocycles. The standard InChI is InChI=1S/C18H27N3O3S/c1-14-6-3-4-10-21(14)25(23,24)17-8-5-7-16(12-17)18(22)20-11-9-19-13-15(20)2/h5,7-8,12,14-15,19H,3-4,6,9-11,13H2,1-2H3/t14?,15-/m0/s1. The van der Waals surface area contributed by atoms with Crippen LogP contribution in [0.15, 0.2) is 29.2 Å². The van der Waals surface area contributed by atoms with Gasteiger partial charge in [-0.05, 0) is 44.9 Å². The Balaban J connectivity index is 1.87. The monoisotopic (exact) mass is 365 g/mol. The summed E-state index contributed by atoms with van der Waals surface area (Å²) in [5.41, 5.74) is 0.444. The number of piperazine rings is 1. The minimum absolute atomic E-state index is 0.00583. The molecule has 0 aromatic heterocycles. The van der Waals surface area contributed by atoms with Gasteiger partial charge in [0, 0.05) is 43.8 Å². The number of piperidine rings is 1. The van der Waals surface area contributed by atoms with Gasteiger partial charge in [0.1, 0.15) is 0 Å². The molecule has 2 atom stereocenters. The Morgan fingerprint density at radius 1 is 1.16 bits per heavy atom. The van der Waals surface area contributed by atoms with Crippen molar-refractivity contribution in [2.45, 2.75) is 50.1 Å². The van der Waals surface area contributed by atoms with Crippen molar-refractivity contribution in [3.05, 3.63) is 29.8 Å². The molecule has 1 aromatic rings. The molecule has 1 N–H and O–H groups in total. The molecule has 1 unspecified atom stereocenters. The average Bonchev–Trinajstić information content (AvgIpc) is 2.62. The van der Waals surface area contributed by atoms with E-state index in [-0.39, 0.29) is 22.9 Å². The number of carbonyl (C=O) groups is 1. The van der Waals surface area contributed by atoms with E-state index in [4.69, 9.17) is 0 Å². The number of sulfonamides is 1. The smallest absolute Gasteiger partial charge is 0.254 e. The van der Waals surface area contributed by atoms with Crippen molar-refractivity contribution < 1.29 is 13.2 Å². The molecule has 6 nitrogen and oxygen atoms in total. The summed E-state index contributed by atoms with van der Waals surface area (Å²) in [6, 6.07) is 6.61. The number of nitrogens with zero attached hydrogens (tertiary/aromatic N) is 2. The summed E-state index contributed by atoms with van der Waals surface area (Å²) in [4.78, 5) is 14.8. The number of hydrogen-bond acceptors (Lipinski definition) is 4. The van der Waals surface area contributed by atoms with Crippen molar-refractivity contribution in [2.24, 2.45) is 0 Å². The summed E-state index contributed by atoms with van der Waals surface area (Å²) >= 11 is 0. The van der Waals surface area contributed by atoms with Crippen LogP contribution in [0.4, 0.5) is 0 Å². The third-order valence-electron chi connectivity index (χ3n) is 5.19. The predicted molar refractivity (Wildman–Crippen MR) is 97.0 cm³/mol. The Kier molecular flexibility index (Phi) is 5.46. The fraction of sp³-hybridized carbons (Fsp3) is 0.611. The van der Waals surface area contributed by atoms with Crippen molar-refractivity contribution >= 4 is 15.9 Å². The van der Waals surface area contributed by atoms with Gasteiger partial charge in [0.05, 0.1) is 4.90 Å². The van der Waals surface area contributed by atoms with E-state index >= 15 is 0 Å². The van der Waals surface area contributed by atoms with Gasteiger partial charge in [-0.25, -0.2) is 8.42 Å². The van der Waals surface area contributed by atoms with Gasteiger partial charge in [-0.15, -0.1) is 0 Å². The molecule has 1 amide bonds. The first-order valence-corrected chi connectivity index (χ1v) is 10.5. The fourth-order valence-electron chi connectivity index (χ4n) is 3.66. The average molecular weight is 365 g/mol. The van der Waals surface area contributed by atoms with Crippen LogP contribution in [-0.2, 0) is 10.0 Å². The Hall–Kier alpha value is -1.44. The number of amides is 1. The molecule has 0 spiro atoms. The van der Waals surface area contributed by atoms with E-state index in [0.29, 0.717) is 18.7 Å². The zero-order chi connectivity index (χ0) is 18.0. The summed E-state index contributed by atoms with van der Waals surface area (Å²) in [6.45, 7) is 6.67. The highest BCUT2D eigenvalue weighted by Crippen LogP contribution is 2.26. The molecule has 138 valence electrons. The Morgan fingerprint density at radius 3 is 2.68 bits per heavy atom. The van der Waals surface area contributed by atoms with Gasteiger partial charge in [-0.1, -0.05) is 12.5 Å². The topological polar surface area (TPSA) is 69.7 Å². The largest absolute Gasteiger partial charge is 0.333 e. The van der Waals surface area contributed by atoms with Crippen LogP contribution >= 0.6 is 0 Å². The van der Waals surface area contributed by atoms with Gasteiger partial charge in [0.15, 0.2) is 0 Å². The lowest BCUT2D eigenvalue weighted by Gasteiger charge is -2.34. The molecule has 3 rings (SSSR count). The van der Waals surface area contributed by atoms with Crippen LogP contribution in [0, 0.1) is 0 Å². The third kappa shape index (κ3) is 3.73. The van der Waals surface area contributed by atoms with Gasteiger partial charge in [0.2, 0.25) is 10.0 Å². The second-order valence-electron chi connectivity index (χ2n) is 7.04. The van der Waals surface area contributed by atoms with Crippen LogP contribution in [0.3, 0.4) is 0 Å². The SMILES string of the molecule is CC1CCCCN1S(=O)(=O)c1cccc(C(=O)N2CCNC[C@@H]2C)c1. The number of carbonyl (C=O) groups excluding carboxylic acids is 1. The van der Waals surface area contributed by atoms with Crippen molar-refractivity contribution in [3.8, 4) is 0 Å². The minimum atomic E-state index is -3.56. The number of nitrogens with one attached hydrogen (secondary N) is 1. The molecule has 0 saturated carbocycles. The molecule has 2 aliphatic rings. The second kappa shape index (κ2) is 7.43. The maximum Gasteiger partial charge on any atom is 0.254 e. The Morgan fingerprint density at radius 2 is 1.96 bits per heavy atom. The molecule has 0 bridgehead atoms. The molecule has 0 radical (unpaired) electrons. The Labute approximate surface area is 150 Å². The summed E-state index contributed by atoms with van der Waals surface area (Å²) < 4.78 is 27.6. The molecule has 2 fully saturated rings. The molecular weight excluding hydrogens is 338 g/mol. The number of rotatable bonds is 3. The van der Waals surface area contributed by atoms with E-state index in [1.165, 1.54) is 6.07 Å². The number of hydrogen-bond donors (Lipinski definition) is 1. The third-order valence-corrected chi connectivity index (χ3v) is 7.20. The molecule has 0 aliphatic carbocycles. The summed E-state index contributed by atoms with van der Waals surface area (Å²) in [7, 11) is -3.56. The van der Waals surface area contributed by atoms with Gasteiger partial charge >= 0.3 is 0 Å². The second-order valence-corrected chi connectivity index (χ2v) is 8.93. The van der Waals surface area contributed by atoms with Crippen LogP contribution in [0.25, 0.3) is 0 Å². The van der Waals surface area contributed by atoms with E-state index in [2.05, 4.69) is 5.32 Å². The molecule has 2 aliphatic heterocycles. The van der Waals surface area contributed by atoms with Crippen molar-refractivity contribution in [1.29, 1.82) is 0 Å². The molecule has 25 heavy (non-hydrogen) atoms. The quantitative estimate of drug-likeness (QED) is 0.885. The van der Waals surface area contributed by atoms with E-state index < -0.39 is 10.0 Å². The highest BCUT2D eigenvalue weighted by molar-refractivity contribution is 7.89. The maximum absolute atomic E-state index is 13.0. The van der Waals surface area contributed by atoms with Crippen molar-refractivity contribution in [3.63, 3.8) is 0 Å². The summed E-state index contributed by atoms with van der Waals surface area (Å²) in [5, 5.41) is 3.26. The lowest BCUT2D eigenvalue weighted by atomic mass is 10.1. The van der Waals surface area contributed by atoms with Gasteiger partial charge in [0.25, 0.3) is 5.91 Å². The van der Waals surface area contributed by atoms with E-state index in [9.17, 15) is 13.2 Å². The lowest BCUT2D eigenvalue weighted by Crippen LogP contribution is -2.52. The molecule has 2 saturated heterocycles. The normalized spacial score (nSPS) is 25.8. The van der Waals surface area contributed by atoms with Crippen molar-refractivity contribution in [2.75, 3.05) is 26.2 Å². The first kappa shape index (κ1) is 18.4. The van der Waals surface area contributed by atoms with Crippen LogP contribution in [-0.4, -0.2) is 61.8 Å². The fourth-order valence-corrected chi connectivity index (χ4v) is 5.41.